The fourth-order valence-electron chi connectivity index (χ4n) is 6.59. The smallest absolute Gasteiger partial charge is 0.180 e. The number of aromatic nitrogens is 2. The average Bonchev–Trinajstić information content (AvgIpc) is 3.57. The standard InChI is InChI=1S/C46H30N2O/c1-3-12-31(13-4-1)33-24-26-34(27-25-33)35-16-9-18-37(28-35)38-19-11-21-40(30-38)46-47-43(45-44(48-46)41-22-7-8-23-42(41)49-45)39-20-10-17-36(29-39)32-14-5-2-6-15-32/h1-30H. The second kappa shape index (κ2) is 12.2. The first-order chi connectivity index (χ1) is 24.3. The highest BCUT2D eigenvalue weighted by Crippen LogP contribution is 2.37. The Morgan fingerprint density at radius 1 is 0.327 bits per heavy atom. The van der Waals surface area contributed by atoms with Crippen molar-refractivity contribution in [1.82, 2.24) is 9.97 Å². The molecule has 0 saturated carbocycles. The van der Waals surface area contributed by atoms with Gasteiger partial charge in [0.15, 0.2) is 11.4 Å². The SMILES string of the molecule is c1ccc(-c2ccc(-c3cccc(-c4cccc(-c5nc(-c6cccc(-c7ccccc7)c6)c6oc7ccccc7c6n5)c4)c3)cc2)cc1. The van der Waals surface area contributed by atoms with Gasteiger partial charge in [-0.25, -0.2) is 9.97 Å². The maximum atomic E-state index is 6.43. The maximum absolute atomic E-state index is 6.43. The van der Waals surface area contributed by atoms with E-state index in [1.165, 1.54) is 22.3 Å². The molecule has 0 radical (unpaired) electrons. The zero-order chi connectivity index (χ0) is 32.6. The third kappa shape index (κ3) is 5.48. The minimum absolute atomic E-state index is 0.661. The van der Waals surface area contributed by atoms with Gasteiger partial charge in [-0.05, 0) is 74.8 Å². The van der Waals surface area contributed by atoms with Crippen molar-refractivity contribution in [1.29, 1.82) is 0 Å². The first-order valence-corrected chi connectivity index (χ1v) is 16.5. The zero-order valence-corrected chi connectivity index (χ0v) is 26.6. The van der Waals surface area contributed by atoms with E-state index in [1.807, 2.05) is 30.3 Å². The number of hydrogen-bond donors (Lipinski definition) is 0. The summed E-state index contributed by atoms with van der Waals surface area (Å²) in [5, 5.41) is 0.976. The summed E-state index contributed by atoms with van der Waals surface area (Å²) in [6.07, 6.45) is 0. The van der Waals surface area contributed by atoms with Gasteiger partial charge >= 0.3 is 0 Å². The molecular weight excluding hydrogens is 597 g/mol. The fraction of sp³-hybridized carbons (Fsp3) is 0. The van der Waals surface area contributed by atoms with Crippen LogP contribution in [-0.4, -0.2) is 9.97 Å². The Morgan fingerprint density at radius 3 is 1.41 bits per heavy atom. The Labute approximate surface area is 284 Å². The molecule has 9 aromatic rings. The molecule has 0 aliphatic rings. The number of nitrogens with zero attached hydrogens (tertiary/aromatic N) is 2. The highest BCUT2D eigenvalue weighted by atomic mass is 16.3. The molecule has 2 aromatic heterocycles. The number of furan rings is 1. The van der Waals surface area contributed by atoms with Crippen LogP contribution in [0.3, 0.4) is 0 Å². The van der Waals surface area contributed by atoms with E-state index in [0.29, 0.717) is 11.4 Å². The Kier molecular flexibility index (Phi) is 7.14. The van der Waals surface area contributed by atoms with Crippen LogP contribution >= 0.6 is 0 Å². The number of benzene rings is 7. The van der Waals surface area contributed by atoms with Crippen molar-refractivity contribution < 1.29 is 4.42 Å². The lowest BCUT2D eigenvalue weighted by molar-refractivity contribution is 0.667. The Balaban J connectivity index is 1.13. The van der Waals surface area contributed by atoms with Crippen molar-refractivity contribution in [2.45, 2.75) is 0 Å². The lowest BCUT2D eigenvalue weighted by Gasteiger charge is -2.10. The van der Waals surface area contributed by atoms with E-state index < -0.39 is 0 Å². The zero-order valence-electron chi connectivity index (χ0n) is 26.6. The van der Waals surface area contributed by atoms with E-state index in [4.69, 9.17) is 14.4 Å². The van der Waals surface area contributed by atoms with Crippen LogP contribution in [0, 0.1) is 0 Å². The van der Waals surface area contributed by atoms with Crippen molar-refractivity contribution in [2.75, 3.05) is 0 Å². The number of rotatable bonds is 6. The van der Waals surface area contributed by atoms with Gasteiger partial charge in [0.1, 0.15) is 16.8 Å². The molecule has 0 bridgehead atoms. The van der Waals surface area contributed by atoms with Gasteiger partial charge in [0.2, 0.25) is 0 Å². The first kappa shape index (κ1) is 28.6. The van der Waals surface area contributed by atoms with Crippen molar-refractivity contribution in [3.05, 3.63) is 182 Å². The maximum Gasteiger partial charge on any atom is 0.180 e. The molecule has 7 aromatic carbocycles. The molecule has 2 heterocycles. The van der Waals surface area contributed by atoms with Gasteiger partial charge in [-0.15, -0.1) is 0 Å². The second-order valence-electron chi connectivity index (χ2n) is 12.2. The van der Waals surface area contributed by atoms with Crippen LogP contribution < -0.4 is 0 Å². The summed E-state index contributed by atoms with van der Waals surface area (Å²) < 4.78 is 6.43. The van der Waals surface area contributed by atoms with Crippen LogP contribution in [0.4, 0.5) is 0 Å². The van der Waals surface area contributed by atoms with Gasteiger partial charge in [0.05, 0.1) is 0 Å². The summed E-state index contributed by atoms with van der Waals surface area (Å²) >= 11 is 0. The third-order valence-electron chi connectivity index (χ3n) is 9.10. The van der Waals surface area contributed by atoms with E-state index >= 15 is 0 Å². The highest BCUT2D eigenvalue weighted by molar-refractivity contribution is 6.07. The van der Waals surface area contributed by atoms with E-state index in [9.17, 15) is 0 Å². The predicted molar refractivity (Wildman–Crippen MR) is 202 cm³/mol. The average molecular weight is 627 g/mol. The van der Waals surface area contributed by atoms with Crippen molar-refractivity contribution >= 4 is 22.1 Å². The lowest BCUT2D eigenvalue weighted by atomic mass is 9.96. The summed E-state index contributed by atoms with van der Waals surface area (Å²) in [5.74, 6) is 0.661. The lowest BCUT2D eigenvalue weighted by Crippen LogP contribution is -1.94. The number of fused-ring (bicyclic) bond motifs is 3. The molecule has 0 amide bonds. The molecule has 230 valence electrons. The minimum atomic E-state index is 0.661. The predicted octanol–water partition coefficient (Wildman–Crippen LogP) is 12.4. The van der Waals surface area contributed by atoms with Crippen LogP contribution in [0.2, 0.25) is 0 Å². The second-order valence-corrected chi connectivity index (χ2v) is 12.2. The van der Waals surface area contributed by atoms with Crippen molar-refractivity contribution in [3.63, 3.8) is 0 Å². The normalized spacial score (nSPS) is 11.3. The van der Waals surface area contributed by atoms with Crippen molar-refractivity contribution in [2.24, 2.45) is 0 Å². The Hall–Kier alpha value is -6.58. The topological polar surface area (TPSA) is 38.9 Å². The van der Waals surface area contributed by atoms with Crippen LogP contribution in [0.1, 0.15) is 0 Å². The van der Waals surface area contributed by atoms with E-state index in [0.717, 1.165) is 55.6 Å². The van der Waals surface area contributed by atoms with Crippen LogP contribution in [0.15, 0.2) is 186 Å². The monoisotopic (exact) mass is 626 g/mol. The first-order valence-electron chi connectivity index (χ1n) is 16.5. The molecule has 0 saturated heterocycles. The largest absolute Gasteiger partial charge is 0.452 e. The fourth-order valence-corrected chi connectivity index (χ4v) is 6.59. The van der Waals surface area contributed by atoms with Gasteiger partial charge in [0, 0.05) is 16.5 Å². The third-order valence-corrected chi connectivity index (χ3v) is 9.10. The molecule has 49 heavy (non-hydrogen) atoms. The van der Waals surface area contributed by atoms with Gasteiger partial charge in [-0.2, -0.15) is 0 Å². The minimum Gasteiger partial charge on any atom is -0.452 e. The number of para-hydroxylation sites is 1. The van der Waals surface area contributed by atoms with Crippen LogP contribution in [0.5, 0.6) is 0 Å². The molecule has 0 aliphatic heterocycles. The summed E-state index contributed by atoms with van der Waals surface area (Å²) in [6.45, 7) is 0. The quantitative estimate of drug-likeness (QED) is 0.184. The molecular formula is C46H30N2O. The van der Waals surface area contributed by atoms with Gasteiger partial charge in [-0.1, -0.05) is 152 Å². The molecule has 0 fully saturated rings. The molecule has 3 heteroatoms. The van der Waals surface area contributed by atoms with Crippen molar-refractivity contribution in [3.8, 4) is 67.2 Å². The van der Waals surface area contributed by atoms with E-state index in [1.54, 1.807) is 0 Å². The van der Waals surface area contributed by atoms with E-state index in [-0.39, 0.29) is 0 Å². The molecule has 0 aliphatic carbocycles. The molecule has 3 nitrogen and oxygen atoms in total. The summed E-state index contributed by atoms with van der Waals surface area (Å²) in [7, 11) is 0. The Morgan fingerprint density at radius 2 is 0.755 bits per heavy atom. The molecule has 9 rings (SSSR count). The van der Waals surface area contributed by atoms with E-state index in [2.05, 4.69) is 152 Å². The Bertz CT molecular complexity index is 2590. The molecule has 0 spiro atoms. The van der Waals surface area contributed by atoms with Gasteiger partial charge in [0.25, 0.3) is 0 Å². The van der Waals surface area contributed by atoms with Crippen LogP contribution in [0.25, 0.3) is 89.2 Å². The van der Waals surface area contributed by atoms with Gasteiger partial charge < -0.3 is 4.42 Å². The summed E-state index contributed by atoms with van der Waals surface area (Å²) in [4.78, 5) is 10.3. The van der Waals surface area contributed by atoms with Gasteiger partial charge in [-0.3, -0.25) is 0 Å². The summed E-state index contributed by atoms with van der Waals surface area (Å²) in [6, 6.07) is 63.5. The van der Waals surface area contributed by atoms with Crippen LogP contribution in [-0.2, 0) is 0 Å². The molecule has 0 N–H and O–H groups in total. The molecule has 0 atom stereocenters. The number of hydrogen-bond acceptors (Lipinski definition) is 3. The highest BCUT2D eigenvalue weighted by Gasteiger charge is 2.19. The molecule has 0 unspecified atom stereocenters. The summed E-state index contributed by atoms with van der Waals surface area (Å²) in [5.41, 5.74) is 14.3.